The number of ether oxygens (including phenoxy) is 1. The molecule has 0 spiro atoms. The molecule has 19 heavy (non-hydrogen) atoms. The van der Waals surface area contributed by atoms with Gasteiger partial charge in [0.2, 0.25) is 0 Å². The van der Waals surface area contributed by atoms with Gasteiger partial charge in [-0.05, 0) is 24.6 Å². The van der Waals surface area contributed by atoms with Gasteiger partial charge in [-0.25, -0.2) is 0 Å². The molecule has 2 saturated heterocycles. The number of benzene rings is 1. The van der Waals surface area contributed by atoms with Crippen LogP contribution in [0.2, 0.25) is 5.02 Å². The maximum atomic E-state index is 12.6. The average molecular weight is 278 g/mol. The van der Waals surface area contributed by atoms with Crippen LogP contribution < -0.4 is 0 Å². The Bertz CT molecular complexity index is 655. The maximum Gasteiger partial charge on any atom is 0.275 e. The number of H-pyrrole nitrogens is 1. The lowest BCUT2D eigenvalue weighted by Gasteiger charge is -2.51. The predicted octanol–water partition coefficient (Wildman–Crippen LogP) is 1.83. The molecule has 4 rings (SSSR count). The van der Waals surface area contributed by atoms with Gasteiger partial charge in [-0.1, -0.05) is 11.6 Å². The van der Waals surface area contributed by atoms with Gasteiger partial charge >= 0.3 is 0 Å². The molecule has 1 aromatic heterocycles. The number of nitrogens with one attached hydrogen (secondary N) is 1. The lowest BCUT2D eigenvalue weighted by molar-refractivity contribution is -0.104. The van der Waals surface area contributed by atoms with Crippen LogP contribution in [0, 0.1) is 0 Å². The number of nitrogens with zero attached hydrogens (tertiary/aromatic N) is 2. The highest BCUT2D eigenvalue weighted by molar-refractivity contribution is 6.31. The van der Waals surface area contributed by atoms with E-state index >= 15 is 0 Å². The van der Waals surface area contributed by atoms with Crippen LogP contribution in [0.5, 0.6) is 0 Å². The molecule has 2 bridgehead atoms. The molecule has 0 unspecified atom stereocenters. The molecule has 2 fully saturated rings. The SMILES string of the molecule is O=C(c1n[nH]c2ccc(Cl)cc12)N1[C@H]2COC[C@H]1C2. The van der Waals surface area contributed by atoms with Crippen molar-refractivity contribution >= 4 is 28.4 Å². The number of morpholine rings is 1. The molecular formula is C13H12ClN3O2. The summed E-state index contributed by atoms with van der Waals surface area (Å²) in [5.74, 6) is -0.0296. The largest absolute Gasteiger partial charge is 0.377 e. The number of fused-ring (bicyclic) bond motifs is 3. The molecule has 1 amide bonds. The first-order chi connectivity index (χ1) is 9.24. The van der Waals surface area contributed by atoms with E-state index in [2.05, 4.69) is 10.2 Å². The normalized spacial score (nSPS) is 25.4. The zero-order valence-electron chi connectivity index (χ0n) is 10.1. The number of aromatic nitrogens is 2. The van der Waals surface area contributed by atoms with Gasteiger partial charge < -0.3 is 9.64 Å². The minimum absolute atomic E-state index is 0.0296. The van der Waals surface area contributed by atoms with E-state index in [1.807, 2.05) is 11.0 Å². The Labute approximate surface area is 114 Å². The summed E-state index contributed by atoms with van der Waals surface area (Å²) < 4.78 is 5.39. The Morgan fingerprint density at radius 2 is 2.21 bits per heavy atom. The van der Waals surface area contributed by atoms with Gasteiger partial charge in [0.15, 0.2) is 5.69 Å². The smallest absolute Gasteiger partial charge is 0.275 e. The monoisotopic (exact) mass is 277 g/mol. The van der Waals surface area contributed by atoms with Crippen molar-refractivity contribution < 1.29 is 9.53 Å². The number of aromatic amines is 1. The van der Waals surface area contributed by atoms with E-state index in [9.17, 15) is 4.79 Å². The third-order valence-electron chi connectivity index (χ3n) is 3.91. The second-order valence-electron chi connectivity index (χ2n) is 5.06. The van der Waals surface area contributed by atoms with E-state index in [1.165, 1.54) is 0 Å². The first-order valence-electron chi connectivity index (χ1n) is 6.28. The number of rotatable bonds is 1. The van der Waals surface area contributed by atoms with Gasteiger partial charge in [0.05, 0.1) is 30.8 Å². The van der Waals surface area contributed by atoms with Crippen molar-refractivity contribution in [2.24, 2.45) is 0 Å². The summed E-state index contributed by atoms with van der Waals surface area (Å²) in [6.07, 6.45) is 1.04. The Balaban J connectivity index is 1.74. The summed E-state index contributed by atoms with van der Waals surface area (Å²) in [5.41, 5.74) is 1.28. The molecule has 5 nitrogen and oxygen atoms in total. The van der Waals surface area contributed by atoms with E-state index in [-0.39, 0.29) is 18.0 Å². The first-order valence-corrected chi connectivity index (χ1v) is 6.66. The summed E-state index contributed by atoms with van der Waals surface area (Å²) in [5, 5.41) is 8.42. The van der Waals surface area contributed by atoms with Crippen LogP contribution in [0.1, 0.15) is 16.9 Å². The third kappa shape index (κ3) is 1.58. The summed E-state index contributed by atoms with van der Waals surface area (Å²) in [7, 11) is 0. The van der Waals surface area contributed by atoms with Crippen molar-refractivity contribution in [3.63, 3.8) is 0 Å². The van der Waals surface area contributed by atoms with E-state index < -0.39 is 0 Å². The third-order valence-corrected chi connectivity index (χ3v) is 4.15. The van der Waals surface area contributed by atoms with Crippen molar-refractivity contribution in [1.82, 2.24) is 15.1 Å². The van der Waals surface area contributed by atoms with E-state index in [0.29, 0.717) is 23.9 Å². The Morgan fingerprint density at radius 3 is 2.95 bits per heavy atom. The molecule has 2 atom stereocenters. The van der Waals surface area contributed by atoms with Crippen molar-refractivity contribution in [1.29, 1.82) is 0 Å². The lowest BCUT2D eigenvalue weighted by Crippen LogP contribution is -2.65. The fourth-order valence-corrected chi connectivity index (χ4v) is 3.11. The van der Waals surface area contributed by atoms with Gasteiger partial charge in [-0.15, -0.1) is 0 Å². The average Bonchev–Trinajstić information content (AvgIpc) is 2.82. The van der Waals surface area contributed by atoms with Gasteiger partial charge in [-0.2, -0.15) is 5.10 Å². The van der Waals surface area contributed by atoms with Crippen LogP contribution >= 0.6 is 11.6 Å². The quantitative estimate of drug-likeness (QED) is 0.865. The maximum absolute atomic E-state index is 12.6. The van der Waals surface area contributed by atoms with E-state index in [1.54, 1.807) is 12.1 Å². The van der Waals surface area contributed by atoms with Gasteiger partial charge in [0, 0.05) is 10.4 Å². The molecule has 6 heteroatoms. The molecule has 2 aliphatic heterocycles. The van der Waals surface area contributed by atoms with Crippen LogP contribution in [0.25, 0.3) is 10.9 Å². The summed E-state index contributed by atoms with van der Waals surface area (Å²) in [6.45, 7) is 1.26. The standard InChI is InChI=1S/C13H12ClN3O2/c14-7-1-2-11-10(3-7)12(16-15-11)13(18)17-8-4-9(17)6-19-5-8/h1-3,8-9H,4-6H2,(H,15,16)/t8-,9-/m1/s1. The van der Waals surface area contributed by atoms with Crippen molar-refractivity contribution in [2.45, 2.75) is 18.5 Å². The molecular weight excluding hydrogens is 266 g/mol. The van der Waals surface area contributed by atoms with Crippen LogP contribution in [-0.4, -0.2) is 46.3 Å². The number of carbonyl (C=O) groups excluding carboxylic acids is 1. The van der Waals surface area contributed by atoms with Crippen molar-refractivity contribution in [3.8, 4) is 0 Å². The highest BCUT2D eigenvalue weighted by atomic mass is 35.5. The van der Waals surface area contributed by atoms with Crippen molar-refractivity contribution in [2.75, 3.05) is 13.2 Å². The zero-order chi connectivity index (χ0) is 13.0. The fourth-order valence-electron chi connectivity index (χ4n) is 2.94. The Hall–Kier alpha value is -1.59. The van der Waals surface area contributed by atoms with Gasteiger partial charge in [0.1, 0.15) is 0 Å². The molecule has 2 aromatic rings. The minimum atomic E-state index is -0.0296. The Morgan fingerprint density at radius 1 is 1.42 bits per heavy atom. The zero-order valence-corrected chi connectivity index (χ0v) is 10.9. The number of carbonyl (C=O) groups is 1. The molecule has 1 N–H and O–H groups in total. The van der Waals surface area contributed by atoms with Crippen LogP contribution in [0.4, 0.5) is 0 Å². The van der Waals surface area contributed by atoms with Gasteiger partial charge in [0.25, 0.3) is 5.91 Å². The highest BCUT2D eigenvalue weighted by Crippen LogP contribution is 2.33. The number of amides is 1. The molecule has 98 valence electrons. The topological polar surface area (TPSA) is 58.2 Å². The lowest BCUT2D eigenvalue weighted by atomic mass is 9.90. The van der Waals surface area contributed by atoms with Crippen LogP contribution in [0.3, 0.4) is 0 Å². The fraction of sp³-hybridized carbons (Fsp3) is 0.385. The number of hydrogen-bond donors (Lipinski definition) is 1. The van der Waals surface area contributed by atoms with E-state index in [0.717, 1.165) is 17.3 Å². The summed E-state index contributed by atoms with van der Waals surface area (Å²) in [6, 6.07) is 5.80. The molecule has 1 aromatic carbocycles. The second kappa shape index (κ2) is 3.95. The van der Waals surface area contributed by atoms with E-state index in [4.69, 9.17) is 16.3 Å². The molecule has 0 aliphatic carbocycles. The second-order valence-corrected chi connectivity index (χ2v) is 5.49. The summed E-state index contributed by atoms with van der Waals surface area (Å²) >= 11 is 5.99. The molecule has 2 aliphatic rings. The highest BCUT2D eigenvalue weighted by Gasteiger charge is 2.46. The molecule has 0 saturated carbocycles. The van der Waals surface area contributed by atoms with Gasteiger partial charge in [-0.3, -0.25) is 9.89 Å². The van der Waals surface area contributed by atoms with Crippen LogP contribution in [-0.2, 0) is 4.74 Å². The van der Waals surface area contributed by atoms with Crippen LogP contribution in [0.15, 0.2) is 18.2 Å². The Kier molecular flexibility index (Phi) is 2.34. The molecule has 3 heterocycles. The van der Waals surface area contributed by atoms with Crippen molar-refractivity contribution in [3.05, 3.63) is 28.9 Å². The summed E-state index contributed by atoms with van der Waals surface area (Å²) in [4.78, 5) is 14.5. The molecule has 0 radical (unpaired) electrons. The number of hydrogen-bond acceptors (Lipinski definition) is 3. The first kappa shape index (κ1) is 11.3. The number of halogens is 1. The predicted molar refractivity (Wildman–Crippen MR) is 70.3 cm³/mol. The minimum Gasteiger partial charge on any atom is -0.377 e.